The van der Waals surface area contributed by atoms with Crippen LogP contribution in [0.3, 0.4) is 0 Å². The van der Waals surface area contributed by atoms with Crippen LogP contribution < -0.4 is 10.2 Å². The molecule has 1 heterocycles. The largest absolute Gasteiger partial charge is 0.383 e. The van der Waals surface area contributed by atoms with Gasteiger partial charge in [0, 0.05) is 39.2 Å². The molecule has 18 heavy (non-hydrogen) atoms. The molecule has 1 aromatic rings. The SMILES string of the molecule is CCNCc1sc(N(C)CCOC)nc1COC. The van der Waals surface area contributed by atoms with Gasteiger partial charge >= 0.3 is 0 Å². The molecule has 0 radical (unpaired) electrons. The van der Waals surface area contributed by atoms with Crippen LogP contribution in [-0.2, 0) is 22.6 Å². The van der Waals surface area contributed by atoms with Crippen molar-refractivity contribution in [2.24, 2.45) is 0 Å². The van der Waals surface area contributed by atoms with Gasteiger partial charge in [0.15, 0.2) is 5.13 Å². The lowest BCUT2D eigenvalue weighted by molar-refractivity contribution is 0.181. The number of anilines is 1. The number of ether oxygens (including phenoxy) is 2. The molecule has 1 aromatic heterocycles. The van der Waals surface area contributed by atoms with Gasteiger partial charge in [0.1, 0.15) is 0 Å². The third kappa shape index (κ3) is 4.53. The minimum atomic E-state index is 0.565. The van der Waals surface area contributed by atoms with E-state index < -0.39 is 0 Å². The molecule has 0 bridgehead atoms. The predicted molar refractivity (Wildman–Crippen MR) is 75.4 cm³/mol. The van der Waals surface area contributed by atoms with Crippen molar-refractivity contribution in [3.8, 4) is 0 Å². The molecule has 5 nitrogen and oxygen atoms in total. The molecule has 0 aliphatic heterocycles. The van der Waals surface area contributed by atoms with Crippen LogP contribution in [0.5, 0.6) is 0 Å². The number of methoxy groups -OCH3 is 2. The zero-order chi connectivity index (χ0) is 13.4. The average Bonchev–Trinajstić information content (AvgIpc) is 2.77. The Labute approximate surface area is 113 Å². The number of hydrogen-bond donors (Lipinski definition) is 1. The van der Waals surface area contributed by atoms with Gasteiger partial charge in [-0.05, 0) is 6.54 Å². The van der Waals surface area contributed by atoms with Gasteiger partial charge in [-0.25, -0.2) is 4.98 Å². The molecule has 6 heteroatoms. The van der Waals surface area contributed by atoms with E-state index in [1.165, 1.54) is 4.88 Å². The number of thiazole rings is 1. The van der Waals surface area contributed by atoms with Crippen LogP contribution in [0, 0.1) is 0 Å². The Balaban J connectivity index is 2.73. The molecule has 0 amide bonds. The lowest BCUT2D eigenvalue weighted by Crippen LogP contribution is -2.21. The Morgan fingerprint density at radius 3 is 2.72 bits per heavy atom. The molecular formula is C12H23N3O2S. The van der Waals surface area contributed by atoms with Gasteiger partial charge in [-0.3, -0.25) is 0 Å². The molecule has 0 saturated carbocycles. The Hall–Kier alpha value is -0.690. The van der Waals surface area contributed by atoms with E-state index in [9.17, 15) is 0 Å². The fourth-order valence-corrected chi connectivity index (χ4v) is 2.50. The maximum Gasteiger partial charge on any atom is 0.185 e. The Bertz CT molecular complexity index is 344. The van der Waals surface area contributed by atoms with E-state index in [4.69, 9.17) is 9.47 Å². The van der Waals surface area contributed by atoms with Crippen molar-refractivity contribution in [2.45, 2.75) is 20.1 Å². The highest BCUT2D eigenvalue weighted by Crippen LogP contribution is 2.26. The summed E-state index contributed by atoms with van der Waals surface area (Å²) in [6.45, 7) is 6.03. The van der Waals surface area contributed by atoms with Crippen LogP contribution >= 0.6 is 11.3 Å². The molecule has 0 fully saturated rings. The molecule has 0 aliphatic carbocycles. The molecule has 1 rings (SSSR count). The first kappa shape index (κ1) is 15.4. The molecule has 104 valence electrons. The van der Waals surface area contributed by atoms with Gasteiger partial charge in [0.25, 0.3) is 0 Å². The average molecular weight is 273 g/mol. The number of nitrogens with one attached hydrogen (secondary N) is 1. The third-order valence-electron chi connectivity index (χ3n) is 2.54. The molecule has 0 aliphatic rings. The number of hydrogen-bond acceptors (Lipinski definition) is 6. The highest BCUT2D eigenvalue weighted by molar-refractivity contribution is 7.15. The second kappa shape index (κ2) is 8.42. The van der Waals surface area contributed by atoms with Crippen molar-refractivity contribution in [3.05, 3.63) is 10.6 Å². The smallest absolute Gasteiger partial charge is 0.185 e. The highest BCUT2D eigenvalue weighted by atomic mass is 32.1. The summed E-state index contributed by atoms with van der Waals surface area (Å²) in [5.74, 6) is 0. The molecule has 0 aromatic carbocycles. The van der Waals surface area contributed by atoms with Crippen LogP contribution in [0.1, 0.15) is 17.5 Å². The molecule has 0 unspecified atom stereocenters. The van der Waals surface area contributed by atoms with Crippen molar-refractivity contribution in [2.75, 3.05) is 45.9 Å². The second-order valence-corrected chi connectivity index (χ2v) is 5.06. The summed E-state index contributed by atoms with van der Waals surface area (Å²) in [6, 6.07) is 0. The Morgan fingerprint density at radius 2 is 2.11 bits per heavy atom. The minimum Gasteiger partial charge on any atom is -0.383 e. The normalized spacial score (nSPS) is 10.9. The number of nitrogens with zero attached hydrogens (tertiary/aromatic N) is 2. The van der Waals surface area contributed by atoms with Gasteiger partial charge in [0.05, 0.1) is 18.9 Å². The zero-order valence-electron chi connectivity index (χ0n) is 11.7. The van der Waals surface area contributed by atoms with Gasteiger partial charge in [-0.2, -0.15) is 0 Å². The maximum absolute atomic E-state index is 5.20. The zero-order valence-corrected chi connectivity index (χ0v) is 12.5. The van der Waals surface area contributed by atoms with Crippen LogP contribution in [-0.4, -0.2) is 45.9 Å². The van der Waals surface area contributed by atoms with Gasteiger partial charge in [0.2, 0.25) is 0 Å². The van der Waals surface area contributed by atoms with Gasteiger partial charge in [-0.1, -0.05) is 6.92 Å². The summed E-state index contributed by atoms with van der Waals surface area (Å²) >= 11 is 1.71. The third-order valence-corrected chi connectivity index (χ3v) is 3.75. The number of aromatic nitrogens is 1. The van der Waals surface area contributed by atoms with Crippen LogP contribution in [0.2, 0.25) is 0 Å². The first-order valence-corrected chi connectivity index (χ1v) is 6.92. The van der Waals surface area contributed by atoms with E-state index in [0.717, 1.165) is 30.5 Å². The van der Waals surface area contributed by atoms with E-state index >= 15 is 0 Å². The first-order chi connectivity index (χ1) is 8.72. The van der Waals surface area contributed by atoms with Crippen LogP contribution in [0.4, 0.5) is 5.13 Å². The summed E-state index contributed by atoms with van der Waals surface area (Å²) in [7, 11) is 5.44. The van der Waals surface area contributed by atoms with E-state index in [-0.39, 0.29) is 0 Å². The Morgan fingerprint density at radius 1 is 1.33 bits per heavy atom. The van der Waals surface area contributed by atoms with Crippen molar-refractivity contribution >= 4 is 16.5 Å². The standard InChI is InChI=1S/C12H23N3O2S/c1-5-13-8-11-10(9-17-4)14-12(18-11)15(2)6-7-16-3/h13H,5-9H2,1-4H3. The lowest BCUT2D eigenvalue weighted by atomic mass is 10.3. The minimum absolute atomic E-state index is 0.565. The topological polar surface area (TPSA) is 46.6 Å². The van der Waals surface area contributed by atoms with Gasteiger partial charge < -0.3 is 19.7 Å². The van der Waals surface area contributed by atoms with E-state index in [1.807, 2.05) is 7.05 Å². The molecule has 0 saturated heterocycles. The molecule has 0 spiro atoms. The van der Waals surface area contributed by atoms with Crippen molar-refractivity contribution < 1.29 is 9.47 Å². The summed E-state index contributed by atoms with van der Waals surface area (Å²) in [6.07, 6.45) is 0. The quantitative estimate of drug-likeness (QED) is 0.738. The summed E-state index contributed by atoms with van der Waals surface area (Å²) in [5.41, 5.74) is 1.03. The monoisotopic (exact) mass is 273 g/mol. The molecule has 0 atom stereocenters. The number of rotatable bonds is 9. The fraction of sp³-hybridized carbons (Fsp3) is 0.750. The summed E-state index contributed by atoms with van der Waals surface area (Å²) < 4.78 is 10.3. The fourth-order valence-electron chi connectivity index (χ4n) is 1.48. The molecular weight excluding hydrogens is 250 g/mol. The van der Waals surface area contributed by atoms with Crippen LogP contribution in [0.25, 0.3) is 0 Å². The van der Waals surface area contributed by atoms with Crippen LogP contribution in [0.15, 0.2) is 0 Å². The molecule has 1 N–H and O–H groups in total. The maximum atomic E-state index is 5.20. The van der Waals surface area contributed by atoms with Crippen molar-refractivity contribution in [1.29, 1.82) is 0 Å². The number of likely N-dealkylation sites (N-methyl/N-ethyl adjacent to an activating group) is 1. The lowest BCUT2D eigenvalue weighted by Gasteiger charge is -2.14. The Kier molecular flexibility index (Phi) is 7.19. The van der Waals surface area contributed by atoms with E-state index in [0.29, 0.717) is 13.2 Å². The summed E-state index contributed by atoms with van der Waals surface area (Å²) in [4.78, 5) is 7.99. The summed E-state index contributed by atoms with van der Waals surface area (Å²) in [5, 5.41) is 4.35. The van der Waals surface area contributed by atoms with E-state index in [1.54, 1.807) is 25.6 Å². The van der Waals surface area contributed by atoms with E-state index in [2.05, 4.69) is 22.1 Å². The van der Waals surface area contributed by atoms with Gasteiger partial charge in [-0.15, -0.1) is 11.3 Å². The second-order valence-electron chi connectivity index (χ2n) is 3.99. The van der Waals surface area contributed by atoms with Crippen molar-refractivity contribution in [3.63, 3.8) is 0 Å². The first-order valence-electron chi connectivity index (χ1n) is 6.11. The van der Waals surface area contributed by atoms with Crippen molar-refractivity contribution in [1.82, 2.24) is 10.3 Å². The highest BCUT2D eigenvalue weighted by Gasteiger charge is 2.13. The predicted octanol–water partition coefficient (Wildman–Crippen LogP) is 1.48.